The number of nitrogen functional groups attached to an aromatic ring is 1. The average Bonchev–Trinajstić information content (AvgIpc) is 2.32. The molecule has 7 nitrogen and oxygen atoms in total. The van der Waals surface area contributed by atoms with Gasteiger partial charge in [0.2, 0.25) is 0 Å². The fourth-order valence-corrected chi connectivity index (χ4v) is 1.87. The number of nitrogens with zero attached hydrogens (tertiary/aromatic N) is 2. The van der Waals surface area contributed by atoms with E-state index < -0.39 is 6.29 Å². The van der Waals surface area contributed by atoms with Gasteiger partial charge in [0.25, 0.3) is 5.56 Å². The van der Waals surface area contributed by atoms with Gasteiger partial charge in [-0.05, 0) is 11.1 Å². The van der Waals surface area contributed by atoms with Crippen LogP contribution in [-0.2, 0) is 16.5 Å². The van der Waals surface area contributed by atoms with Gasteiger partial charge in [-0.1, -0.05) is 0 Å². The largest absolute Gasteiger partial charge is 1.00 e. The fraction of sp³-hybridized carbons (Fsp3) is 0.364. The topological polar surface area (TPSA) is 94.1 Å². The van der Waals surface area contributed by atoms with Crippen LogP contribution in [0.1, 0.15) is 11.9 Å². The lowest BCUT2D eigenvalue weighted by Gasteiger charge is -2.13. The minimum absolute atomic E-state index is 0. The summed E-state index contributed by atoms with van der Waals surface area (Å²) in [5, 5.41) is 0.434. The smallest absolute Gasteiger partial charge is 0.340 e. The molecule has 8 heteroatoms. The molecule has 0 saturated carbocycles. The van der Waals surface area contributed by atoms with Crippen molar-refractivity contribution in [3.05, 3.63) is 28.2 Å². The molecule has 0 radical (unpaired) electrons. The third-order valence-electron chi connectivity index (χ3n) is 2.64. The van der Waals surface area contributed by atoms with Crippen LogP contribution in [0.25, 0.3) is 11.0 Å². The third kappa shape index (κ3) is 2.83. The van der Waals surface area contributed by atoms with Gasteiger partial charge in [-0.2, -0.15) is 0 Å². The van der Waals surface area contributed by atoms with Crippen molar-refractivity contribution in [2.24, 2.45) is 7.05 Å². The molecule has 104 valence electrons. The average molecular weight is 287 g/mol. The Kier molecular flexibility index (Phi) is 4.82. The molecule has 0 unspecified atom stereocenters. The number of fused-ring (bicyclic) bond motifs is 1. The number of rotatable bonds is 3. The number of H-pyrrole nitrogens is 1. The van der Waals surface area contributed by atoms with Crippen LogP contribution in [0.2, 0.25) is 0 Å². The molecule has 0 aliphatic carbocycles. The van der Waals surface area contributed by atoms with E-state index in [2.05, 4.69) is 9.97 Å². The second-order valence-electron chi connectivity index (χ2n) is 3.88. The Hall–Kier alpha value is -1.70. The molecule has 2 aromatic rings. The zero-order valence-corrected chi connectivity index (χ0v) is 11.6. The van der Waals surface area contributed by atoms with E-state index in [4.69, 9.17) is 15.2 Å². The van der Waals surface area contributed by atoms with Crippen molar-refractivity contribution in [2.45, 2.75) is 6.29 Å². The Morgan fingerprint density at radius 1 is 1.42 bits per heavy atom. The van der Waals surface area contributed by atoms with E-state index in [1.165, 1.54) is 14.2 Å². The number of aryl methyl sites for hydroxylation is 1. The lowest BCUT2D eigenvalue weighted by atomic mass is 10.2. The summed E-state index contributed by atoms with van der Waals surface area (Å²) in [4.78, 5) is 18.4. The van der Waals surface area contributed by atoms with Crippen LogP contribution < -0.4 is 28.3 Å². The van der Waals surface area contributed by atoms with Gasteiger partial charge in [-0.15, -0.1) is 0 Å². The highest BCUT2D eigenvalue weighted by molar-refractivity contribution is 5.71. The van der Waals surface area contributed by atoms with E-state index in [1.807, 2.05) is 0 Å². The summed E-state index contributed by atoms with van der Waals surface area (Å²) in [5.41, 5.74) is 6.46. The number of ether oxygens (including phenoxy) is 2. The van der Waals surface area contributed by atoms with Crippen molar-refractivity contribution in [3.63, 3.8) is 0 Å². The molecule has 0 aromatic carbocycles. The number of hydrogen-bond acceptors (Lipinski definition) is 5. The van der Waals surface area contributed by atoms with Gasteiger partial charge >= 0.3 is 11.6 Å². The second kappa shape index (κ2) is 5.96. The number of pyridine rings is 1. The maximum absolute atomic E-state index is 11.8. The number of anilines is 1. The summed E-state index contributed by atoms with van der Waals surface area (Å²) in [6.45, 7) is 0. The number of aromatic nitrogens is 3. The van der Waals surface area contributed by atoms with Gasteiger partial charge in [0.15, 0.2) is 6.29 Å². The molecule has 0 atom stereocenters. The first kappa shape index (κ1) is 15.4. The van der Waals surface area contributed by atoms with Crippen LogP contribution in [0, 0.1) is 0 Å². The molecule has 0 fully saturated rings. The van der Waals surface area contributed by atoms with Gasteiger partial charge in [0, 0.05) is 19.8 Å². The molecule has 2 aromatic heterocycles. The number of nitrogens with two attached hydrogens (primary N) is 1. The molecule has 0 saturated heterocycles. The Morgan fingerprint density at radius 2 is 2.05 bits per heavy atom. The Bertz CT molecular complexity index is 640. The molecule has 0 aliphatic heterocycles. The number of hydrogen-bond donors (Lipinski definition) is 2. The van der Waals surface area contributed by atoms with E-state index in [0.29, 0.717) is 11.0 Å². The minimum atomic E-state index is -0.530. The summed E-state index contributed by atoms with van der Waals surface area (Å²) in [6, 6.07) is 1.68. The summed E-state index contributed by atoms with van der Waals surface area (Å²) < 4.78 is 12.0. The number of halogens is 1. The summed E-state index contributed by atoms with van der Waals surface area (Å²) in [7, 11) is 4.84. The number of methoxy groups -OCH3 is 2. The van der Waals surface area contributed by atoms with Crippen molar-refractivity contribution >= 4 is 17.0 Å². The normalized spacial score (nSPS) is 10.7. The van der Waals surface area contributed by atoms with Crippen molar-refractivity contribution in [1.29, 1.82) is 0 Å². The molecular formula is C11H15ClN4O3. The van der Waals surface area contributed by atoms with Crippen LogP contribution in [0.3, 0.4) is 0 Å². The summed E-state index contributed by atoms with van der Waals surface area (Å²) >= 11 is 0. The first-order valence-electron chi connectivity index (χ1n) is 5.31. The molecule has 2 heterocycles. The van der Waals surface area contributed by atoms with E-state index in [1.54, 1.807) is 23.9 Å². The van der Waals surface area contributed by atoms with E-state index in [9.17, 15) is 4.79 Å². The fourth-order valence-electron chi connectivity index (χ4n) is 1.87. The van der Waals surface area contributed by atoms with Gasteiger partial charge in [-0.3, -0.25) is 9.78 Å². The van der Waals surface area contributed by atoms with Gasteiger partial charge in [-0.25, -0.2) is 4.57 Å². The predicted molar refractivity (Wildman–Crippen MR) is 64.7 cm³/mol. The Labute approximate surface area is 115 Å². The van der Waals surface area contributed by atoms with Crippen molar-refractivity contribution in [2.75, 3.05) is 20.0 Å². The lowest BCUT2D eigenvalue weighted by Crippen LogP contribution is -3.00. The van der Waals surface area contributed by atoms with Crippen LogP contribution in [-0.4, -0.2) is 24.2 Å². The van der Waals surface area contributed by atoms with Crippen molar-refractivity contribution in [3.8, 4) is 0 Å². The molecular weight excluding hydrogens is 272 g/mol. The maximum Gasteiger partial charge on any atom is 0.340 e. The standard InChI is InChI=1S/C11H14N4O3.ClH/c1-15-5-6(10(17-2)18-3)4-7-8(15)13-11(12)14-9(7)16;/h4-5,10H,1-3H3,(H2,12,14,16);1H. The van der Waals surface area contributed by atoms with Crippen LogP contribution in [0.4, 0.5) is 5.95 Å². The first-order valence-corrected chi connectivity index (χ1v) is 5.31. The van der Waals surface area contributed by atoms with Crippen LogP contribution >= 0.6 is 0 Å². The van der Waals surface area contributed by atoms with Gasteiger partial charge in [0.1, 0.15) is 5.39 Å². The monoisotopic (exact) mass is 286 g/mol. The zero-order chi connectivity index (χ0) is 13.3. The van der Waals surface area contributed by atoms with Crippen LogP contribution in [0.5, 0.6) is 0 Å². The SMILES string of the molecule is COC(OC)c1cc2c(=O)[nH]c(N)nc2[n+](C)c1.[Cl-]. The molecule has 0 aliphatic rings. The Morgan fingerprint density at radius 3 is 2.63 bits per heavy atom. The zero-order valence-electron chi connectivity index (χ0n) is 10.8. The molecule has 19 heavy (non-hydrogen) atoms. The second-order valence-corrected chi connectivity index (χ2v) is 3.88. The highest BCUT2D eigenvalue weighted by Crippen LogP contribution is 2.17. The van der Waals surface area contributed by atoms with Crippen LogP contribution in [0.15, 0.2) is 17.1 Å². The molecule has 2 rings (SSSR count). The third-order valence-corrected chi connectivity index (χ3v) is 2.64. The number of aromatic amines is 1. The highest BCUT2D eigenvalue weighted by Gasteiger charge is 2.18. The van der Waals surface area contributed by atoms with E-state index in [0.717, 1.165) is 5.56 Å². The molecule has 0 amide bonds. The molecule has 0 bridgehead atoms. The van der Waals surface area contributed by atoms with E-state index >= 15 is 0 Å². The summed E-state index contributed by atoms with van der Waals surface area (Å²) in [6.07, 6.45) is 1.25. The number of nitrogens with one attached hydrogen (secondary N) is 1. The minimum Gasteiger partial charge on any atom is -1.00 e. The molecule has 3 N–H and O–H groups in total. The quantitative estimate of drug-likeness (QED) is 0.454. The predicted octanol–water partition coefficient (Wildman–Crippen LogP) is -3.37. The van der Waals surface area contributed by atoms with Crippen molar-refractivity contribution in [1.82, 2.24) is 9.97 Å². The molecule has 0 spiro atoms. The summed E-state index contributed by atoms with van der Waals surface area (Å²) in [5.74, 6) is 0.0888. The highest BCUT2D eigenvalue weighted by atomic mass is 35.5. The maximum atomic E-state index is 11.8. The lowest BCUT2D eigenvalue weighted by molar-refractivity contribution is -0.647. The Balaban J connectivity index is 0.00000180. The van der Waals surface area contributed by atoms with Crippen molar-refractivity contribution < 1.29 is 26.4 Å². The van der Waals surface area contributed by atoms with Gasteiger partial charge < -0.3 is 27.6 Å². The first-order chi connectivity index (χ1) is 8.56. The van der Waals surface area contributed by atoms with E-state index in [-0.39, 0.29) is 23.9 Å². The van der Waals surface area contributed by atoms with Gasteiger partial charge in [0.05, 0.1) is 13.2 Å².